The molecule has 108 valence electrons. The van der Waals surface area contributed by atoms with Crippen molar-refractivity contribution in [3.05, 3.63) is 35.2 Å². The molecule has 2 heterocycles. The fourth-order valence-corrected chi connectivity index (χ4v) is 2.22. The van der Waals surface area contributed by atoms with Gasteiger partial charge in [0.1, 0.15) is 0 Å². The van der Waals surface area contributed by atoms with E-state index >= 15 is 0 Å². The van der Waals surface area contributed by atoms with Crippen LogP contribution in [0.1, 0.15) is 5.89 Å². The molecule has 0 aliphatic carbocycles. The minimum atomic E-state index is 0. The minimum absolute atomic E-state index is 0. The Morgan fingerprint density at radius 2 is 1.90 bits per heavy atom. The van der Waals surface area contributed by atoms with Gasteiger partial charge in [-0.2, -0.15) is 4.98 Å². The van der Waals surface area contributed by atoms with Crippen molar-refractivity contribution in [3.63, 3.8) is 0 Å². The van der Waals surface area contributed by atoms with Crippen LogP contribution in [-0.4, -0.2) is 41.2 Å². The number of benzene rings is 1. The lowest BCUT2D eigenvalue weighted by Gasteiger charge is -2.25. The van der Waals surface area contributed by atoms with E-state index in [2.05, 4.69) is 20.4 Å². The zero-order valence-electron chi connectivity index (χ0n) is 10.9. The maximum Gasteiger partial charge on any atom is 0.241 e. The number of piperazine rings is 1. The number of hydrogen-bond donors (Lipinski definition) is 1. The molecule has 1 aliphatic rings. The minimum Gasteiger partial charge on any atom is -0.338 e. The Hall–Kier alpha value is -1.14. The van der Waals surface area contributed by atoms with Crippen LogP contribution in [-0.2, 0) is 6.54 Å². The molecule has 0 bridgehead atoms. The summed E-state index contributed by atoms with van der Waals surface area (Å²) >= 11 is 5.86. The van der Waals surface area contributed by atoms with Gasteiger partial charge in [-0.1, -0.05) is 16.8 Å². The topological polar surface area (TPSA) is 54.2 Å². The summed E-state index contributed by atoms with van der Waals surface area (Å²) in [5.74, 6) is 1.27. The van der Waals surface area contributed by atoms with Crippen molar-refractivity contribution in [1.29, 1.82) is 0 Å². The maximum atomic E-state index is 5.86. The molecule has 0 unspecified atom stereocenters. The van der Waals surface area contributed by atoms with Crippen molar-refractivity contribution in [2.75, 3.05) is 26.2 Å². The summed E-state index contributed by atoms with van der Waals surface area (Å²) in [6, 6.07) is 7.43. The maximum absolute atomic E-state index is 5.86. The molecule has 2 aromatic rings. The number of rotatable bonds is 3. The van der Waals surface area contributed by atoms with E-state index in [0.29, 0.717) is 23.3 Å². The highest BCUT2D eigenvalue weighted by molar-refractivity contribution is 6.30. The first kappa shape index (κ1) is 15.3. The van der Waals surface area contributed by atoms with Crippen LogP contribution in [0.2, 0.25) is 5.02 Å². The van der Waals surface area contributed by atoms with Gasteiger partial charge in [-0.25, -0.2) is 0 Å². The van der Waals surface area contributed by atoms with Gasteiger partial charge in [0.05, 0.1) is 6.54 Å². The van der Waals surface area contributed by atoms with E-state index in [1.165, 1.54) is 0 Å². The molecule has 1 saturated heterocycles. The monoisotopic (exact) mass is 314 g/mol. The molecule has 1 aromatic carbocycles. The largest absolute Gasteiger partial charge is 0.338 e. The Morgan fingerprint density at radius 1 is 1.20 bits per heavy atom. The van der Waals surface area contributed by atoms with E-state index in [-0.39, 0.29) is 12.4 Å². The SMILES string of the molecule is Cl.Clc1ccc(-c2noc(CN3CCNCC3)n2)cc1. The Kier molecular flexibility index (Phi) is 5.37. The summed E-state index contributed by atoms with van der Waals surface area (Å²) in [6.07, 6.45) is 0. The van der Waals surface area contributed by atoms with Crippen LogP contribution in [0, 0.1) is 0 Å². The van der Waals surface area contributed by atoms with Crippen LogP contribution in [0.5, 0.6) is 0 Å². The van der Waals surface area contributed by atoms with E-state index in [9.17, 15) is 0 Å². The predicted molar refractivity (Wildman–Crippen MR) is 80.1 cm³/mol. The van der Waals surface area contributed by atoms with Crippen molar-refractivity contribution >= 4 is 24.0 Å². The number of nitrogens with one attached hydrogen (secondary N) is 1. The highest BCUT2D eigenvalue weighted by atomic mass is 35.5. The summed E-state index contributed by atoms with van der Waals surface area (Å²) in [6.45, 7) is 4.76. The Morgan fingerprint density at radius 3 is 2.60 bits per heavy atom. The van der Waals surface area contributed by atoms with Crippen molar-refractivity contribution in [2.45, 2.75) is 6.54 Å². The van der Waals surface area contributed by atoms with Gasteiger partial charge in [0.25, 0.3) is 0 Å². The Bertz CT molecular complexity index is 538. The zero-order valence-corrected chi connectivity index (χ0v) is 12.5. The Labute approximate surface area is 128 Å². The summed E-state index contributed by atoms with van der Waals surface area (Å²) in [5, 5.41) is 8.03. The molecule has 1 aliphatic heterocycles. The third-order valence-electron chi connectivity index (χ3n) is 3.14. The molecule has 0 amide bonds. The number of aromatic nitrogens is 2. The molecule has 0 spiro atoms. The summed E-state index contributed by atoms with van der Waals surface area (Å²) in [4.78, 5) is 6.72. The number of nitrogens with zero attached hydrogens (tertiary/aromatic N) is 3. The van der Waals surface area contributed by atoms with Crippen LogP contribution >= 0.6 is 24.0 Å². The zero-order chi connectivity index (χ0) is 13.1. The molecule has 1 N–H and O–H groups in total. The van der Waals surface area contributed by atoms with Gasteiger partial charge in [-0.05, 0) is 24.3 Å². The van der Waals surface area contributed by atoms with E-state index in [4.69, 9.17) is 16.1 Å². The van der Waals surface area contributed by atoms with Crippen molar-refractivity contribution in [3.8, 4) is 11.4 Å². The summed E-state index contributed by atoms with van der Waals surface area (Å²) in [5.41, 5.74) is 0.916. The van der Waals surface area contributed by atoms with Gasteiger partial charge in [-0.15, -0.1) is 12.4 Å². The lowest BCUT2D eigenvalue weighted by molar-refractivity contribution is 0.203. The smallest absolute Gasteiger partial charge is 0.241 e. The molecular formula is C13H16Cl2N4O. The summed E-state index contributed by atoms with van der Waals surface area (Å²) < 4.78 is 5.30. The molecule has 5 nitrogen and oxygen atoms in total. The van der Waals surface area contributed by atoms with Crippen molar-refractivity contribution < 1.29 is 4.52 Å². The fourth-order valence-electron chi connectivity index (χ4n) is 2.10. The first-order valence-corrected chi connectivity index (χ1v) is 6.71. The third kappa shape index (κ3) is 3.70. The van der Waals surface area contributed by atoms with Gasteiger partial charge in [0.15, 0.2) is 0 Å². The van der Waals surface area contributed by atoms with Gasteiger partial charge in [0.2, 0.25) is 11.7 Å². The average Bonchev–Trinajstić information content (AvgIpc) is 2.89. The number of halogens is 2. The normalized spacial score (nSPS) is 15.8. The molecule has 1 fully saturated rings. The lowest BCUT2D eigenvalue weighted by atomic mass is 10.2. The van der Waals surface area contributed by atoms with E-state index in [1.807, 2.05) is 24.3 Å². The van der Waals surface area contributed by atoms with Gasteiger partial charge in [-0.3, -0.25) is 4.90 Å². The predicted octanol–water partition coefficient (Wildman–Crippen LogP) is 2.22. The van der Waals surface area contributed by atoms with Gasteiger partial charge in [0, 0.05) is 36.8 Å². The van der Waals surface area contributed by atoms with E-state index < -0.39 is 0 Å². The molecule has 0 saturated carbocycles. The van der Waals surface area contributed by atoms with Crippen LogP contribution in [0.4, 0.5) is 0 Å². The summed E-state index contributed by atoms with van der Waals surface area (Å²) in [7, 11) is 0. The van der Waals surface area contributed by atoms with E-state index in [0.717, 1.165) is 31.7 Å². The average molecular weight is 315 g/mol. The molecule has 20 heavy (non-hydrogen) atoms. The van der Waals surface area contributed by atoms with Crippen LogP contribution < -0.4 is 5.32 Å². The molecule has 0 atom stereocenters. The van der Waals surface area contributed by atoms with Gasteiger partial charge >= 0.3 is 0 Å². The first-order valence-electron chi connectivity index (χ1n) is 6.33. The van der Waals surface area contributed by atoms with E-state index in [1.54, 1.807) is 0 Å². The molecule has 1 aromatic heterocycles. The lowest BCUT2D eigenvalue weighted by Crippen LogP contribution is -2.42. The first-order chi connectivity index (χ1) is 9.31. The van der Waals surface area contributed by atoms with Crippen molar-refractivity contribution in [2.24, 2.45) is 0 Å². The van der Waals surface area contributed by atoms with Crippen LogP contribution in [0.3, 0.4) is 0 Å². The van der Waals surface area contributed by atoms with Crippen LogP contribution in [0.25, 0.3) is 11.4 Å². The second-order valence-electron chi connectivity index (χ2n) is 4.54. The standard InChI is InChI=1S/C13H15ClN4O.ClH/c14-11-3-1-10(2-4-11)13-16-12(19-17-13)9-18-7-5-15-6-8-18;/h1-4,15H,5-9H2;1H. The molecular weight excluding hydrogens is 299 g/mol. The van der Waals surface area contributed by atoms with Gasteiger partial charge < -0.3 is 9.84 Å². The quantitative estimate of drug-likeness (QED) is 0.941. The second-order valence-corrected chi connectivity index (χ2v) is 4.98. The second kappa shape index (κ2) is 7.04. The molecule has 0 radical (unpaired) electrons. The highest BCUT2D eigenvalue weighted by Crippen LogP contribution is 2.19. The molecule has 7 heteroatoms. The Balaban J connectivity index is 0.00000147. The van der Waals surface area contributed by atoms with Crippen molar-refractivity contribution in [1.82, 2.24) is 20.4 Å². The molecule has 3 rings (SSSR count). The highest BCUT2D eigenvalue weighted by Gasteiger charge is 2.14. The number of hydrogen-bond acceptors (Lipinski definition) is 5. The van der Waals surface area contributed by atoms with Crippen LogP contribution in [0.15, 0.2) is 28.8 Å². The third-order valence-corrected chi connectivity index (χ3v) is 3.39. The fraction of sp³-hybridized carbons (Fsp3) is 0.385.